The lowest BCUT2D eigenvalue weighted by Gasteiger charge is -2.28. The molecule has 0 saturated carbocycles. The zero-order valence-electron chi connectivity index (χ0n) is 31.0. The zero-order chi connectivity index (χ0) is 37.7. The van der Waals surface area contributed by atoms with Crippen LogP contribution in [0.2, 0.25) is 0 Å². The van der Waals surface area contributed by atoms with Gasteiger partial charge in [0.2, 0.25) is 5.89 Å². The molecule has 0 spiro atoms. The van der Waals surface area contributed by atoms with Gasteiger partial charge >= 0.3 is 0 Å². The fraction of sp³-hybridized carbons (Fsp3) is 0. The highest BCUT2D eigenvalue weighted by Crippen LogP contribution is 2.44. The van der Waals surface area contributed by atoms with E-state index in [0.29, 0.717) is 5.89 Å². The molecule has 11 rings (SSSR count). The maximum atomic E-state index is 6.54. The van der Waals surface area contributed by atoms with E-state index in [9.17, 15) is 0 Å². The Labute approximate surface area is 330 Å². The molecular formula is C53H35N3O. The van der Waals surface area contributed by atoms with Crippen LogP contribution in [0.4, 0.5) is 17.1 Å². The molecule has 9 aromatic carbocycles. The first-order valence-corrected chi connectivity index (χ1v) is 19.3. The van der Waals surface area contributed by atoms with Crippen LogP contribution in [0.5, 0.6) is 0 Å². The van der Waals surface area contributed by atoms with Gasteiger partial charge in [0.25, 0.3) is 0 Å². The van der Waals surface area contributed by atoms with Crippen LogP contribution in [0.1, 0.15) is 0 Å². The molecule has 2 heterocycles. The van der Waals surface area contributed by atoms with Crippen molar-refractivity contribution in [3.63, 3.8) is 0 Å². The van der Waals surface area contributed by atoms with Gasteiger partial charge in [0.15, 0.2) is 5.58 Å². The van der Waals surface area contributed by atoms with Crippen molar-refractivity contribution >= 4 is 60.7 Å². The Hall–Kier alpha value is -7.69. The van der Waals surface area contributed by atoms with Gasteiger partial charge in [-0.15, -0.1) is 0 Å². The average Bonchev–Trinajstić information content (AvgIpc) is 3.87. The molecule has 57 heavy (non-hydrogen) atoms. The predicted molar refractivity (Wildman–Crippen MR) is 237 cm³/mol. The number of para-hydroxylation sites is 3. The van der Waals surface area contributed by atoms with Crippen LogP contribution in [-0.4, -0.2) is 9.55 Å². The average molecular weight is 730 g/mol. The van der Waals surface area contributed by atoms with Crippen molar-refractivity contribution in [2.75, 3.05) is 4.90 Å². The highest BCUT2D eigenvalue weighted by atomic mass is 16.3. The minimum absolute atomic E-state index is 0.624. The Balaban J connectivity index is 1.10. The maximum absolute atomic E-state index is 6.54. The zero-order valence-corrected chi connectivity index (χ0v) is 31.0. The van der Waals surface area contributed by atoms with Crippen LogP contribution in [0.25, 0.3) is 83.1 Å². The second-order valence-electron chi connectivity index (χ2n) is 14.4. The lowest BCUT2D eigenvalue weighted by Crippen LogP contribution is -2.11. The smallest absolute Gasteiger partial charge is 0.227 e. The largest absolute Gasteiger partial charge is 0.435 e. The van der Waals surface area contributed by atoms with E-state index in [1.54, 1.807) is 0 Å². The lowest BCUT2D eigenvalue weighted by molar-refractivity contribution is 0.623. The molecule has 0 unspecified atom stereocenters. The first-order valence-electron chi connectivity index (χ1n) is 19.3. The molecule has 11 aromatic rings. The fourth-order valence-electron chi connectivity index (χ4n) is 8.40. The monoisotopic (exact) mass is 729 g/mol. The second kappa shape index (κ2) is 13.6. The van der Waals surface area contributed by atoms with Gasteiger partial charge in [-0.1, -0.05) is 146 Å². The van der Waals surface area contributed by atoms with Crippen molar-refractivity contribution in [1.82, 2.24) is 9.55 Å². The molecule has 0 saturated heterocycles. The molecule has 0 amide bonds. The number of benzene rings is 9. The van der Waals surface area contributed by atoms with Crippen molar-refractivity contribution in [1.29, 1.82) is 0 Å². The number of fused-ring (bicyclic) bond motifs is 6. The number of aromatic nitrogens is 2. The van der Waals surface area contributed by atoms with Gasteiger partial charge in [0, 0.05) is 44.3 Å². The molecule has 0 aliphatic heterocycles. The molecule has 2 aromatic heterocycles. The summed E-state index contributed by atoms with van der Waals surface area (Å²) in [6, 6.07) is 75.2. The van der Waals surface area contributed by atoms with E-state index in [-0.39, 0.29) is 0 Å². The van der Waals surface area contributed by atoms with Crippen LogP contribution in [-0.2, 0) is 0 Å². The van der Waals surface area contributed by atoms with Crippen LogP contribution >= 0.6 is 0 Å². The molecule has 0 aliphatic carbocycles. The van der Waals surface area contributed by atoms with Gasteiger partial charge in [-0.2, -0.15) is 0 Å². The number of rotatable bonds is 7. The van der Waals surface area contributed by atoms with E-state index in [1.807, 2.05) is 30.3 Å². The highest BCUT2D eigenvalue weighted by molar-refractivity contribution is 6.12. The Bertz CT molecular complexity index is 3220. The Morgan fingerprint density at radius 2 is 1.07 bits per heavy atom. The molecule has 4 heteroatoms. The van der Waals surface area contributed by atoms with Gasteiger partial charge in [-0.25, -0.2) is 4.98 Å². The van der Waals surface area contributed by atoms with Crippen molar-refractivity contribution in [3.05, 3.63) is 212 Å². The Morgan fingerprint density at radius 3 is 1.88 bits per heavy atom. The number of hydrogen-bond donors (Lipinski definition) is 0. The van der Waals surface area contributed by atoms with Gasteiger partial charge < -0.3 is 13.9 Å². The fourth-order valence-corrected chi connectivity index (χ4v) is 8.40. The third kappa shape index (κ3) is 5.58. The summed E-state index contributed by atoms with van der Waals surface area (Å²) in [6.07, 6.45) is 0. The molecule has 0 fully saturated rings. The summed E-state index contributed by atoms with van der Waals surface area (Å²) < 4.78 is 8.92. The summed E-state index contributed by atoms with van der Waals surface area (Å²) in [7, 11) is 0. The predicted octanol–water partition coefficient (Wildman–Crippen LogP) is 14.5. The Morgan fingerprint density at radius 1 is 0.439 bits per heavy atom. The summed E-state index contributed by atoms with van der Waals surface area (Å²) in [6.45, 7) is 0. The summed E-state index contributed by atoms with van der Waals surface area (Å²) in [5.74, 6) is 0.624. The molecular weight excluding hydrogens is 695 g/mol. The third-order valence-corrected chi connectivity index (χ3v) is 11.0. The van der Waals surface area contributed by atoms with Crippen LogP contribution in [0.15, 0.2) is 217 Å². The SMILES string of the molecule is c1ccc(-c2nc3ccc4cccc(-c5ccc(N(c6ccc7c8ccccc8n(-c8ccccc8)c7c6)c6ccccc6-c6ccccc6)cc5)c4c3o2)cc1. The van der Waals surface area contributed by atoms with Crippen molar-refractivity contribution < 1.29 is 4.42 Å². The highest BCUT2D eigenvalue weighted by Gasteiger charge is 2.21. The Kier molecular flexibility index (Phi) is 7.78. The number of nitrogens with zero attached hydrogens (tertiary/aromatic N) is 3. The molecule has 0 bridgehead atoms. The lowest BCUT2D eigenvalue weighted by atomic mass is 9.97. The van der Waals surface area contributed by atoms with E-state index < -0.39 is 0 Å². The molecule has 0 aliphatic rings. The maximum Gasteiger partial charge on any atom is 0.227 e. The van der Waals surface area contributed by atoms with Crippen molar-refractivity contribution in [2.24, 2.45) is 0 Å². The normalized spacial score (nSPS) is 11.5. The van der Waals surface area contributed by atoms with E-state index in [2.05, 4.69) is 191 Å². The summed E-state index contributed by atoms with van der Waals surface area (Å²) >= 11 is 0. The first kappa shape index (κ1) is 32.7. The van der Waals surface area contributed by atoms with Gasteiger partial charge in [-0.05, 0) is 88.8 Å². The van der Waals surface area contributed by atoms with Crippen LogP contribution in [0, 0.1) is 0 Å². The first-order chi connectivity index (χ1) is 28.3. The van der Waals surface area contributed by atoms with Crippen molar-refractivity contribution in [3.8, 4) is 39.4 Å². The summed E-state index contributed by atoms with van der Waals surface area (Å²) in [5, 5.41) is 4.62. The molecule has 268 valence electrons. The number of anilines is 3. The van der Waals surface area contributed by atoms with Crippen LogP contribution < -0.4 is 4.90 Å². The van der Waals surface area contributed by atoms with E-state index in [0.717, 1.165) is 78.0 Å². The minimum Gasteiger partial charge on any atom is -0.435 e. The van der Waals surface area contributed by atoms with Crippen molar-refractivity contribution in [2.45, 2.75) is 0 Å². The van der Waals surface area contributed by atoms with E-state index in [1.165, 1.54) is 16.3 Å². The summed E-state index contributed by atoms with van der Waals surface area (Å²) in [5.41, 5.74) is 13.8. The van der Waals surface area contributed by atoms with Gasteiger partial charge in [0.1, 0.15) is 5.52 Å². The molecule has 0 atom stereocenters. The summed E-state index contributed by atoms with van der Waals surface area (Å²) in [4.78, 5) is 7.28. The molecule has 0 N–H and O–H groups in total. The number of hydrogen-bond acceptors (Lipinski definition) is 3. The topological polar surface area (TPSA) is 34.2 Å². The van der Waals surface area contributed by atoms with Gasteiger partial charge in [0.05, 0.1) is 16.7 Å². The third-order valence-electron chi connectivity index (χ3n) is 11.0. The molecule has 0 radical (unpaired) electrons. The second-order valence-corrected chi connectivity index (χ2v) is 14.4. The number of oxazole rings is 1. The quantitative estimate of drug-likeness (QED) is 0.164. The molecule has 4 nitrogen and oxygen atoms in total. The standard InChI is InChI=1S/C53H35N3O/c1-4-15-36(16-5-1)43-22-10-12-25-48(43)55(42-32-33-46-45-23-11-13-26-49(45)56(50(46)35-42)40-20-8-3-9-21-40)41-30-27-37(28-31-41)44-24-14-19-38-29-34-47-52(51(38)44)57-53(54-47)39-17-6-2-7-18-39/h1-35H. The van der Waals surface area contributed by atoms with E-state index >= 15 is 0 Å². The minimum atomic E-state index is 0.624. The van der Waals surface area contributed by atoms with Gasteiger partial charge in [-0.3, -0.25) is 0 Å². The van der Waals surface area contributed by atoms with E-state index in [4.69, 9.17) is 9.40 Å². The van der Waals surface area contributed by atoms with Crippen LogP contribution in [0.3, 0.4) is 0 Å².